The number of hydrogen-bond acceptors (Lipinski definition) is 7. The van der Waals surface area contributed by atoms with Gasteiger partial charge in [0.05, 0.1) is 0 Å². The molecule has 182 valence electrons. The molecule has 4 rings (SSSR count). The molecule has 2 atom stereocenters. The number of carbonyl (C=O) groups is 2. The van der Waals surface area contributed by atoms with Crippen LogP contribution >= 0.6 is 0 Å². The van der Waals surface area contributed by atoms with Gasteiger partial charge in [-0.05, 0) is 42.3 Å². The van der Waals surface area contributed by atoms with E-state index in [1.165, 1.54) is 6.08 Å². The molecule has 1 heterocycles. The topological polar surface area (TPSA) is 126 Å². The third kappa shape index (κ3) is 5.64. The first kappa shape index (κ1) is 23.9. The first-order valence-corrected chi connectivity index (χ1v) is 11.1. The second-order valence-corrected chi connectivity index (χ2v) is 8.17. The summed E-state index contributed by atoms with van der Waals surface area (Å²) in [6.07, 6.45) is 2.70. The predicted molar refractivity (Wildman–Crippen MR) is 128 cm³/mol. The molecule has 3 aromatic rings. The van der Waals surface area contributed by atoms with Gasteiger partial charge in [0.15, 0.2) is 11.5 Å². The zero-order chi connectivity index (χ0) is 24.8. The van der Waals surface area contributed by atoms with E-state index in [1.807, 2.05) is 25.1 Å². The number of amides is 2. The Labute approximate surface area is 201 Å². The molecule has 3 aromatic carbocycles. The fourth-order valence-corrected chi connectivity index (χ4v) is 4.02. The standard InChI is InChI=1S/C26H26N2O7/c1-16(6-2-5-9-24(30)28-32)25(20-11-12-21(29)19-8-4-3-7-18(19)20)35-26(31)27-17-10-13-22-23(14-17)34-15-33-22/h3-5,7-14,16,25,29,32H,2,6,15H2,1H3,(H,27,31)(H,28,30)/b9-5+/t16-,25+/m1/s1. The first-order valence-electron chi connectivity index (χ1n) is 11.1. The number of hydrogen-bond donors (Lipinski definition) is 4. The predicted octanol–water partition coefficient (Wildman–Crippen LogP) is 5.04. The Balaban J connectivity index is 1.56. The van der Waals surface area contributed by atoms with E-state index < -0.39 is 18.1 Å². The number of aromatic hydroxyl groups is 1. The van der Waals surface area contributed by atoms with Crippen LogP contribution in [0.5, 0.6) is 17.2 Å². The molecule has 0 fully saturated rings. The molecule has 0 bridgehead atoms. The number of phenolic OH excluding ortho intramolecular Hbond substituents is 1. The molecular formula is C26H26N2O7. The number of hydroxylamine groups is 1. The Bertz CT molecular complexity index is 1260. The average Bonchev–Trinajstić information content (AvgIpc) is 3.33. The van der Waals surface area contributed by atoms with Gasteiger partial charge in [-0.15, -0.1) is 0 Å². The smallest absolute Gasteiger partial charge is 0.412 e. The molecule has 0 radical (unpaired) electrons. The summed E-state index contributed by atoms with van der Waals surface area (Å²) in [5, 5.41) is 23.1. The molecule has 4 N–H and O–H groups in total. The van der Waals surface area contributed by atoms with E-state index in [9.17, 15) is 14.7 Å². The fraction of sp³-hybridized carbons (Fsp3) is 0.231. The number of phenols is 1. The van der Waals surface area contributed by atoms with Gasteiger partial charge < -0.3 is 19.3 Å². The maximum absolute atomic E-state index is 12.9. The number of anilines is 1. The Kier molecular flexibility index (Phi) is 7.37. The number of carbonyl (C=O) groups excluding carboxylic acids is 2. The molecule has 1 aliphatic rings. The second-order valence-electron chi connectivity index (χ2n) is 8.17. The lowest BCUT2D eigenvalue weighted by atomic mass is 9.89. The van der Waals surface area contributed by atoms with Gasteiger partial charge in [0.25, 0.3) is 5.91 Å². The van der Waals surface area contributed by atoms with Gasteiger partial charge in [0.2, 0.25) is 6.79 Å². The third-order valence-electron chi connectivity index (χ3n) is 5.78. The Morgan fingerprint density at radius 3 is 2.66 bits per heavy atom. The monoisotopic (exact) mass is 478 g/mol. The molecule has 35 heavy (non-hydrogen) atoms. The molecule has 0 saturated heterocycles. The summed E-state index contributed by atoms with van der Waals surface area (Å²) in [5.41, 5.74) is 2.80. The van der Waals surface area contributed by atoms with Crippen molar-refractivity contribution in [2.45, 2.75) is 25.9 Å². The molecule has 0 spiro atoms. The van der Waals surface area contributed by atoms with Crippen LogP contribution in [0.4, 0.5) is 10.5 Å². The highest BCUT2D eigenvalue weighted by Gasteiger charge is 2.26. The SMILES string of the molecule is C[C@H](CC/C=C/C(=O)NO)[C@H](OC(=O)Nc1ccc2c(c1)OCO2)c1ccc(O)c2ccccc12. The van der Waals surface area contributed by atoms with Crippen LogP contribution in [0.1, 0.15) is 31.4 Å². The number of benzene rings is 3. The molecular weight excluding hydrogens is 452 g/mol. The van der Waals surface area contributed by atoms with E-state index in [4.69, 9.17) is 19.4 Å². The highest BCUT2D eigenvalue weighted by Crippen LogP contribution is 2.38. The molecule has 9 heteroatoms. The Hall–Kier alpha value is -4.24. The number of fused-ring (bicyclic) bond motifs is 2. The molecule has 0 saturated carbocycles. The zero-order valence-corrected chi connectivity index (χ0v) is 19.1. The summed E-state index contributed by atoms with van der Waals surface area (Å²) in [5.74, 6) is 0.522. The van der Waals surface area contributed by atoms with E-state index in [0.717, 1.165) is 10.9 Å². The van der Waals surface area contributed by atoms with Gasteiger partial charge >= 0.3 is 6.09 Å². The van der Waals surface area contributed by atoms with Gasteiger partial charge in [-0.1, -0.05) is 43.3 Å². The van der Waals surface area contributed by atoms with Gasteiger partial charge in [-0.25, -0.2) is 10.3 Å². The van der Waals surface area contributed by atoms with E-state index in [0.29, 0.717) is 35.4 Å². The molecule has 9 nitrogen and oxygen atoms in total. The summed E-state index contributed by atoms with van der Waals surface area (Å²) in [6.45, 7) is 2.07. The summed E-state index contributed by atoms with van der Waals surface area (Å²) in [7, 11) is 0. The van der Waals surface area contributed by atoms with Crippen molar-refractivity contribution >= 4 is 28.5 Å². The van der Waals surface area contributed by atoms with Crippen LogP contribution in [-0.4, -0.2) is 29.1 Å². The zero-order valence-electron chi connectivity index (χ0n) is 19.1. The lowest BCUT2D eigenvalue weighted by Gasteiger charge is -2.26. The van der Waals surface area contributed by atoms with Crippen molar-refractivity contribution in [3.63, 3.8) is 0 Å². The summed E-state index contributed by atoms with van der Waals surface area (Å²) >= 11 is 0. The van der Waals surface area contributed by atoms with Crippen LogP contribution < -0.4 is 20.3 Å². The van der Waals surface area contributed by atoms with Crippen molar-refractivity contribution in [3.8, 4) is 17.2 Å². The van der Waals surface area contributed by atoms with Crippen molar-refractivity contribution in [2.24, 2.45) is 5.92 Å². The second kappa shape index (κ2) is 10.8. The minimum absolute atomic E-state index is 0.130. The highest BCUT2D eigenvalue weighted by molar-refractivity contribution is 5.92. The summed E-state index contributed by atoms with van der Waals surface area (Å²) in [4.78, 5) is 24.1. The average molecular weight is 479 g/mol. The van der Waals surface area contributed by atoms with E-state index in [2.05, 4.69) is 5.32 Å². The summed E-state index contributed by atoms with van der Waals surface area (Å²) < 4.78 is 16.6. The van der Waals surface area contributed by atoms with Gasteiger partial charge in [-0.2, -0.15) is 0 Å². The van der Waals surface area contributed by atoms with Crippen LogP contribution in [0.25, 0.3) is 10.8 Å². The molecule has 0 aliphatic carbocycles. The lowest BCUT2D eigenvalue weighted by molar-refractivity contribution is -0.124. The maximum Gasteiger partial charge on any atom is 0.412 e. The fourth-order valence-electron chi connectivity index (χ4n) is 4.02. The van der Waals surface area contributed by atoms with Gasteiger partial charge in [0.1, 0.15) is 11.9 Å². The normalized spacial score (nSPS) is 14.0. The van der Waals surface area contributed by atoms with Crippen LogP contribution in [0.2, 0.25) is 0 Å². The highest BCUT2D eigenvalue weighted by atomic mass is 16.7. The quantitative estimate of drug-likeness (QED) is 0.203. The molecule has 1 aliphatic heterocycles. The minimum Gasteiger partial charge on any atom is -0.507 e. The van der Waals surface area contributed by atoms with Crippen molar-refractivity contribution < 1.29 is 34.1 Å². The Morgan fingerprint density at radius 2 is 1.86 bits per heavy atom. The van der Waals surface area contributed by atoms with E-state index in [-0.39, 0.29) is 18.5 Å². The lowest BCUT2D eigenvalue weighted by Crippen LogP contribution is -2.22. The number of rotatable bonds is 8. The van der Waals surface area contributed by atoms with Gasteiger partial charge in [0, 0.05) is 28.8 Å². The molecule has 2 amide bonds. The van der Waals surface area contributed by atoms with Crippen LogP contribution in [-0.2, 0) is 9.53 Å². The van der Waals surface area contributed by atoms with Crippen LogP contribution in [0.15, 0.2) is 66.7 Å². The minimum atomic E-state index is -0.645. The largest absolute Gasteiger partial charge is 0.507 e. The molecule has 0 aromatic heterocycles. The first-order chi connectivity index (χ1) is 17.0. The van der Waals surface area contributed by atoms with Crippen LogP contribution in [0.3, 0.4) is 0 Å². The maximum atomic E-state index is 12.9. The molecule has 0 unspecified atom stereocenters. The van der Waals surface area contributed by atoms with Crippen molar-refractivity contribution in [3.05, 3.63) is 72.3 Å². The van der Waals surface area contributed by atoms with Crippen LogP contribution in [0, 0.1) is 5.92 Å². The number of ether oxygens (including phenoxy) is 3. The van der Waals surface area contributed by atoms with Crippen molar-refractivity contribution in [1.82, 2.24) is 5.48 Å². The number of allylic oxidation sites excluding steroid dienone is 1. The Morgan fingerprint density at radius 1 is 1.09 bits per heavy atom. The number of nitrogens with one attached hydrogen (secondary N) is 2. The van der Waals surface area contributed by atoms with Crippen molar-refractivity contribution in [1.29, 1.82) is 0 Å². The van der Waals surface area contributed by atoms with Gasteiger partial charge in [-0.3, -0.25) is 15.3 Å². The van der Waals surface area contributed by atoms with E-state index in [1.54, 1.807) is 48.0 Å². The van der Waals surface area contributed by atoms with E-state index >= 15 is 0 Å². The summed E-state index contributed by atoms with van der Waals surface area (Å²) in [6, 6.07) is 15.8. The third-order valence-corrected chi connectivity index (χ3v) is 5.78. The van der Waals surface area contributed by atoms with Crippen molar-refractivity contribution in [2.75, 3.05) is 12.1 Å².